The molecular weight excluding hydrogens is 246 g/mol. The highest BCUT2D eigenvalue weighted by Gasteiger charge is 2.10. The zero-order valence-electron chi connectivity index (χ0n) is 11.0. The Morgan fingerprint density at radius 2 is 2.22 bits per heavy atom. The summed E-state index contributed by atoms with van der Waals surface area (Å²) in [6, 6.07) is 5.90. The lowest BCUT2D eigenvalue weighted by atomic mass is 10.1. The molecule has 0 saturated heterocycles. The van der Waals surface area contributed by atoms with Gasteiger partial charge in [-0.05, 0) is 44.0 Å². The third kappa shape index (κ3) is 2.68. The molecule has 1 heterocycles. The summed E-state index contributed by atoms with van der Waals surface area (Å²) >= 11 is 6.01. The molecule has 0 bridgehead atoms. The largest absolute Gasteiger partial charge is 0.330 e. The van der Waals surface area contributed by atoms with Crippen molar-refractivity contribution in [2.24, 2.45) is 11.7 Å². The van der Waals surface area contributed by atoms with Gasteiger partial charge in [-0.1, -0.05) is 18.5 Å². The molecule has 0 aliphatic carbocycles. The average Bonchev–Trinajstić information content (AvgIpc) is 2.72. The van der Waals surface area contributed by atoms with E-state index in [1.165, 1.54) is 0 Å². The highest BCUT2D eigenvalue weighted by atomic mass is 35.5. The summed E-state index contributed by atoms with van der Waals surface area (Å²) in [7, 11) is 0. The first-order chi connectivity index (χ1) is 8.65. The van der Waals surface area contributed by atoms with Crippen molar-refractivity contribution in [1.29, 1.82) is 0 Å². The molecule has 2 N–H and O–H groups in total. The Hall–Kier alpha value is -1.06. The summed E-state index contributed by atoms with van der Waals surface area (Å²) in [6.45, 7) is 5.99. The van der Waals surface area contributed by atoms with Crippen LogP contribution in [0.2, 0.25) is 5.02 Å². The van der Waals surface area contributed by atoms with Crippen molar-refractivity contribution in [3.05, 3.63) is 29.0 Å². The molecule has 18 heavy (non-hydrogen) atoms. The number of nitrogens with zero attached hydrogens (tertiary/aromatic N) is 2. The fraction of sp³-hybridized carbons (Fsp3) is 0.500. The van der Waals surface area contributed by atoms with Gasteiger partial charge in [-0.3, -0.25) is 0 Å². The molecule has 1 aromatic carbocycles. The molecule has 0 aliphatic rings. The van der Waals surface area contributed by atoms with Crippen LogP contribution in [0.5, 0.6) is 0 Å². The molecule has 0 aliphatic heterocycles. The quantitative estimate of drug-likeness (QED) is 0.902. The molecule has 0 radical (unpaired) electrons. The van der Waals surface area contributed by atoms with Crippen LogP contribution in [0.3, 0.4) is 0 Å². The van der Waals surface area contributed by atoms with Crippen molar-refractivity contribution in [3.63, 3.8) is 0 Å². The van der Waals surface area contributed by atoms with Crippen LogP contribution in [-0.2, 0) is 13.0 Å². The summed E-state index contributed by atoms with van der Waals surface area (Å²) < 4.78 is 2.26. The minimum Gasteiger partial charge on any atom is -0.330 e. The zero-order valence-corrected chi connectivity index (χ0v) is 11.7. The summed E-state index contributed by atoms with van der Waals surface area (Å²) in [4.78, 5) is 4.69. The third-order valence-electron chi connectivity index (χ3n) is 3.37. The van der Waals surface area contributed by atoms with Gasteiger partial charge in [0.2, 0.25) is 0 Å². The Balaban J connectivity index is 2.32. The molecule has 3 nitrogen and oxygen atoms in total. The molecular formula is C14H20ClN3. The predicted molar refractivity (Wildman–Crippen MR) is 77.0 cm³/mol. The monoisotopic (exact) mass is 265 g/mol. The predicted octanol–water partition coefficient (Wildman–Crippen LogP) is 3.24. The first-order valence-electron chi connectivity index (χ1n) is 6.50. The maximum atomic E-state index is 6.01. The third-order valence-corrected chi connectivity index (χ3v) is 3.60. The van der Waals surface area contributed by atoms with Crippen molar-refractivity contribution in [3.8, 4) is 0 Å². The standard InChI is InChI=1S/C14H20ClN3/c1-3-18-13-6-5-11(15)8-12(13)17-14(18)7-4-10(2)9-16/h5-6,8,10H,3-4,7,9,16H2,1-2H3. The van der Waals surface area contributed by atoms with Crippen molar-refractivity contribution in [1.82, 2.24) is 9.55 Å². The molecule has 0 saturated carbocycles. The lowest BCUT2D eigenvalue weighted by Gasteiger charge is -2.09. The Morgan fingerprint density at radius 1 is 1.44 bits per heavy atom. The molecule has 1 aromatic heterocycles. The van der Waals surface area contributed by atoms with Gasteiger partial charge < -0.3 is 10.3 Å². The molecule has 0 fully saturated rings. The van der Waals surface area contributed by atoms with Crippen LogP contribution in [0.1, 0.15) is 26.1 Å². The van der Waals surface area contributed by atoms with Crippen molar-refractivity contribution >= 4 is 22.6 Å². The Bertz CT molecular complexity index is 533. The fourth-order valence-electron chi connectivity index (χ4n) is 2.19. The Labute approximate surface area is 113 Å². The number of imidazole rings is 1. The van der Waals surface area contributed by atoms with E-state index in [2.05, 4.69) is 23.4 Å². The van der Waals surface area contributed by atoms with Crippen LogP contribution >= 0.6 is 11.6 Å². The van der Waals surface area contributed by atoms with E-state index in [4.69, 9.17) is 17.3 Å². The van der Waals surface area contributed by atoms with Gasteiger partial charge in [0.15, 0.2) is 0 Å². The minimum absolute atomic E-state index is 0.540. The van der Waals surface area contributed by atoms with Crippen LogP contribution in [0.4, 0.5) is 0 Å². The number of aromatic nitrogens is 2. The van der Waals surface area contributed by atoms with E-state index in [0.717, 1.165) is 47.8 Å². The Morgan fingerprint density at radius 3 is 2.89 bits per heavy atom. The van der Waals surface area contributed by atoms with Gasteiger partial charge in [0.25, 0.3) is 0 Å². The minimum atomic E-state index is 0.540. The van der Waals surface area contributed by atoms with Gasteiger partial charge in [-0.2, -0.15) is 0 Å². The first kappa shape index (κ1) is 13.4. The second-order valence-electron chi connectivity index (χ2n) is 4.78. The van der Waals surface area contributed by atoms with Crippen molar-refractivity contribution < 1.29 is 0 Å². The molecule has 0 spiro atoms. The number of nitrogens with two attached hydrogens (primary N) is 1. The zero-order chi connectivity index (χ0) is 13.1. The lowest BCUT2D eigenvalue weighted by Crippen LogP contribution is -2.12. The molecule has 2 rings (SSSR count). The van der Waals surface area contributed by atoms with Crippen LogP contribution in [0.25, 0.3) is 11.0 Å². The van der Waals surface area contributed by atoms with Crippen LogP contribution in [-0.4, -0.2) is 16.1 Å². The number of hydrogen-bond acceptors (Lipinski definition) is 2. The molecule has 0 amide bonds. The van der Waals surface area contributed by atoms with E-state index in [9.17, 15) is 0 Å². The summed E-state index contributed by atoms with van der Waals surface area (Å²) in [5, 5.41) is 0.741. The number of halogens is 1. The number of aryl methyl sites for hydroxylation is 2. The van der Waals surface area contributed by atoms with E-state index in [-0.39, 0.29) is 0 Å². The number of benzene rings is 1. The maximum absolute atomic E-state index is 6.01. The molecule has 98 valence electrons. The van der Waals surface area contributed by atoms with Gasteiger partial charge in [0.05, 0.1) is 11.0 Å². The number of rotatable bonds is 5. The van der Waals surface area contributed by atoms with Gasteiger partial charge in [-0.25, -0.2) is 4.98 Å². The number of hydrogen-bond donors (Lipinski definition) is 1. The Kier molecular flexibility index (Phi) is 4.25. The maximum Gasteiger partial charge on any atom is 0.109 e. The molecule has 4 heteroatoms. The average molecular weight is 266 g/mol. The summed E-state index contributed by atoms with van der Waals surface area (Å²) in [6.07, 6.45) is 2.05. The SMILES string of the molecule is CCn1c(CCC(C)CN)nc2cc(Cl)ccc21. The molecule has 1 unspecified atom stereocenters. The lowest BCUT2D eigenvalue weighted by molar-refractivity contribution is 0.527. The topological polar surface area (TPSA) is 43.8 Å². The van der Waals surface area contributed by atoms with E-state index >= 15 is 0 Å². The van der Waals surface area contributed by atoms with Crippen LogP contribution < -0.4 is 5.73 Å². The van der Waals surface area contributed by atoms with Crippen LogP contribution in [0.15, 0.2) is 18.2 Å². The normalized spacial score (nSPS) is 13.1. The van der Waals surface area contributed by atoms with Gasteiger partial charge in [0.1, 0.15) is 5.82 Å². The second kappa shape index (κ2) is 5.72. The highest BCUT2D eigenvalue weighted by Crippen LogP contribution is 2.21. The first-order valence-corrected chi connectivity index (χ1v) is 6.88. The molecule has 1 atom stereocenters. The summed E-state index contributed by atoms with van der Waals surface area (Å²) in [5.74, 6) is 1.67. The van der Waals surface area contributed by atoms with Gasteiger partial charge >= 0.3 is 0 Å². The van der Waals surface area contributed by atoms with E-state index < -0.39 is 0 Å². The smallest absolute Gasteiger partial charge is 0.109 e. The van der Waals surface area contributed by atoms with E-state index in [1.807, 2.05) is 18.2 Å². The highest BCUT2D eigenvalue weighted by molar-refractivity contribution is 6.31. The number of fused-ring (bicyclic) bond motifs is 1. The van der Waals surface area contributed by atoms with Crippen molar-refractivity contribution in [2.45, 2.75) is 33.2 Å². The van der Waals surface area contributed by atoms with Crippen LogP contribution in [0, 0.1) is 5.92 Å². The summed E-state index contributed by atoms with van der Waals surface area (Å²) in [5.41, 5.74) is 7.81. The van der Waals surface area contributed by atoms with E-state index in [0.29, 0.717) is 5.92 Å². The molecule has 2 aromatic rings. The van der Waals surface area contributed by atoms with Gasteiger partial charge in [-0.15, -0.1) is 0 Å². The second-order valence-corrected chi connectivity index (χ2v) is 5.22. The fourth-order valence-corrected chi connectivity index (χ4v) is 2.36. The van der Waals surface area contributed by atoms with Crippen molar-refractivity contribution in [2.75, 3.05) is 6.54 Å². The van der Waals surface area contributed by atoms with E-state index in [1.54, 1.807) is 0 Å². The van der Waals surface area contributed by atoms with Gasteiger partial charge in [0, 0.05) is 18.0 Å².